The summed E-state index contributed by atoms with van der Waals surface area (Å²) < 4.78 is 30.1. The smallest absolute Gasteiger partial charge is 0.236 e. The zero-order valence-electron chi connectivity index (χ0n) is 12.7. The van der Waals surface area contributed by atoms with Crippen molar-refractivity contribution >= 4 is 26.7 Å². The van der Waals surface area contributed by atoms with Crippen LogP contribution in [0, 0.1) is 0 Å². The Bertz CT molecular complexity index is 985. The second kappa shape index (κ2) is 5.55. The van der Waals surface area contributed by atoms with Crippen molar-refractivity contribution in [2.24, 2.45) is 0 Å². The van der Waals surface area contributed by atoms with Crippen LogP contribution in [-0.2, 0) is 10.0 Å². The van der Waals surface area contributed by atoms with Gasteiger partial charge in [0.15, 0.2) is 5.78 Å². The van der Waals surface area contributed by atoms with Crippen molar-refractivity contribution in [2.45, 2.75) is 0 Å². The monoisotopic (exact) mass is 329 g/mol. The molecular weight excluding hydrogens is 314 g/mol. The number of rotatable bonds is 4. The highest BCUT2D eigenvalue weighted by Gasteiger charge is 2.20. The molecule has 0 N–H and O–H groups in total. The number of carbonyl (C=O) groups is 1. The van der Waals surface area contributed by atoms with Crippen LogP contribution in [0.25, 0.3) is 10.9 Å². The first-order valence-corrected chi connectivity index (χ1v) is 8.76. The number of ketones is 1. The van der Waals surface area contributed by atoms with E-state index in [9.17, 15) is 13.2 Å². The fourth-order valence-corrected chi connectivity index (χ4v) is 3.32. The van der Waals surface area contributed by atoms with Crippen molar-refractivity contribution in [1.82, 2.24) is 3.97 Å². The van der Waals surface area contributed by atoms with Crippen LogP contribution >= 0.6 is 0 Å². The highest BCUT2D eigenvalue weighted by Crippen LogP contribution is 2.25. The molecule has 0 spiro atoms. The lowest BCUT2D eigenvalue weighted by Crippen LogP contribution is -2.08. The third-order valence-electron chi connectivity index (χ3n) is 3.63. The van der Waals surface area contributed by atoms with Gasteiger partial charge in [0.25, 0.3) is 0 Å². The molecule has 0 radical (unpaired) electrons. The SMILES string of the molecule is COc1ccc(C(=O)c2cn(S(C)(=O)=O)c3ccccc23)cc1. The molecule has 118 valence electrons. The van der Waals surface area contributed by atoms with Crippen molar-refractivity contribution < 1.29 is 17.9 Å². The average Bonchev–Trinajstić information content (AvgIpc) is 2.94. The van der Waals surface area contributed by atoms with E-state index in [2.05, 4.69) is 0 Å². The first-order valence-electron chi connectivity index (χ1n) is 6.91. The predicted molar refractivity (Wildman–Crippen MR) is 88.6 cm³/mol. The first kappa shape index (κ1) is 15.3. The number of aromatic nitrogens is 1. The number of ether oxygens (including phenoxy) is 1. The second-order valence-electron chi connectivity index (χ2n) is 5.18. The molecule has 0 aliphatic carbocycles. The predicted octanol–water partition coefficient (Wildman–Crippen LogP) is 2.69. The summed E-state index contributed by atoms with van der Waals surface area (Å²) in [5.41, 5.74) is 1.32. The van der Waals surface area contributed by atoms with Crippen LogP contribution in [0.3, 0.4) is 0 Å². The third-order valence-corrected chi connectivity index (χ3v) is 4.65. The Labute approximate surface area is 134 Å². The molecule has 6 heteroatoms. The molecule has 0 atom stereocenters. The number of nitrogens with zero attached hydrogens (tertiary/aromatic N) is 1. The first-order chi connectivity index (χ1) is 10.9. The standard InChI is InChI=1S/C17H15NO4S/c1-22-13-9-7-12(8-10-13)17(19)15-11-18(23(2,20)21)16-6-4-3-5-14(15)16/h3-11H,1-2H3. The van der Waals surface area contributed by atoms with Crippen molar-refractivity contribution in [2.75, 3.05) is 13.4 Å². The molecule has 3 aromatic rings. The Morgan fingerprint density at radius 2 is 1.70 bits per heavy atom. The second-order valence-corrected chi connectivity index (χ2v) is 7.04. The molecule has 0 fully saturated rings. The van der Waals surface area contributed by atoms with Gasteiger partial charge in [-0.05, 0) is 30.3 Å². The zero-order chi connectivity index (χ0) is 16.6. The summed E-state index contributed by atoms with van der Waals surface area (Å²) in [5.74, 6) is 0.423. The molecule has 3 rings (SSSR count). The average molecular weight is 329 g/mol. The van der Waals surface area contributed by atoms with E-state index >= 15 is 0 Å². The minimum Gasteiger partial charge on any atom is -0.497 e. The number of methoxy groups -OCH3 is 1. The van der Waals surface area contributed by atoms with Gasteiger partial charge in [0.05, 0.1) is 18.9 Å². The third kappa shape index (κ3) is 2.73. The van der Waals surface area contributed by atoms with E-state index in [0.717, 1.165) is 10.2 Å². The van der Waals surface area contributed by atoms with Crippen molar-refractivity contribution in [3.05, 3.63) is 65.9 Å². The Kier molecular flexibility index (Phi) is 3.69. The highest BCUT2D eigenvalue weighted by molar-refractivity contribution is 7.89. The van der Waals surface area contributed by atoms with E-state index in [-0.39, 0.29) is 5.78 Å². The lowest BCUT2D eigenvalue weighted by Gasteiger charge is -2.02. The molecule has 0 saturated heterocycles. The number of hydrogen-bond acceptors (Lipinski definition) is 4. The summed E-state index contributed by atoms with van der Waals surface area (Å²) in [6.45, 7) is 0. The molecule has 0 bridgehead atoms. The van der Waals surface area contributed by atoms with E-state index in [1.54, 1.807) is 55.6 Å². The van der Waals surface area contributed by atoms with Crippen LogP contribution in [0.4, 0.5) is 0 Å². The molecule has 0 aliphatic heterocycles. The number of carbonyl (C=O) groups excluding carboxylic acids is 1. The molecule has 2 aromatic carbocycles. The molecular formula is C17H15NO4S. The maximum absolute atomic E-state index is 12.8. The van der Waals surface area contributed by atoms with E-state index in [0.29, 0.717) is 27.8 Å². The van der Waals surface area contributed by atoms with Crippen LogP contribution in [0.2, 0.25) is 0 Å². The van der Waals surface area contributed by atoms with E-state index in [4.69, 9.17) is 4.74 Å². The van der Waals surface area contributed by atoms with Crippen LogP contribution in [-0.4, -0.2) is 31.5 Å². The van der Waals surface area contributed by atoms with Gasteiger partial charge in [-0.15, -0.1) is 0 Å². The molecule has 0 amide bonds. The summed E-state index contributed by atoms with van der Waals surface area (Å²) >= 11 is 0. The van der Waals surface area contributed by atoms with Crippen molar-refractivity contribution in [3.8, 4) is 5.75 Å². The Hall–Kier alpha value is -2.60. The van der Waals surface area contributed by atoms with Gasteiger partial charge >= 0.3 is 0 Å². The molecule has 5 nitrogen and oxygen atoms in total. The summed E-state index contributed by atoms with van der Waals surface area (Å²) in [6.07, 6.45) is 2.49. The maximum atomic E-state index is 12.8. The number of hydrogen-bond donors (Lipinski definition) is 0. The zero-order valence-corrected chi connectivity index (χ0v) is 13.5. The molecule has 0 aliphatic rings. The molecule has 23 heavy (non-hydrogen) atoms. The highest BCUT2D eigenvalue weighted by atomic mass is 32.2. The fourth-order valence-electron chi connectivity index (χ4n) is 2.50. The number of fused-ring (bicyclic) bond motifs is 1. The summed E-state index contributed by atoms with van der Waals surface area (Å²) in [4.78, 5) is 12.8. The van der Waals surface area contributed by atoms with Gasteiger partial charge in [-0.1, -0.05) is 18.2 Å². The van der Waals surface area contributed by atoms with Crippen LogP contribution in [0.15, 0.2) is 54.7 Å². The van der Waals surface area contributed by atoms with Gasteiger partial charge in [-0.2, -0.15) is 0 Å². The lowest BCUT2D eigenvalue weighted by molar-refractivity contribution is 0.104. The van der Waals surface area contributed by atoms with Crippen LogP contribution in [0.5, 0.6) is 5.75 Å². The lowest BCUT2D eigenvalue weighted by atomic mass is 10.0. The van der Waals surface area contributed by atoms with Gasteiger partial charge in [0.1, 0.15) is 5.75 Å². The van der Waals surface area contributed by atoms with Gasteiger partial charge in [-0.25, -0.2) is 12.4 Å². The maximum Gasteiger partial charge on any atom is 0.236 e. The Morgan fingerprint density at radius 1 is 1.04 bits per heavy atom. The number of benzene rings is 2. The topological polar surface area (TPSA) is 65.4 Å². The normalized spacial score (nSPS) is 11.6. The largest absolute Gasteiger partial charge is 0.497 e. The van der Waals surface area contributed by atoms with E-state index in [1.165, 1.54) is 6.20 Å². The van der Waals surface area contributed by atoms with Gasteiger partial charge < -0.3 is 4.74 Å². The summed E-state index contributed by atoms with van der Waals surface area (Å²) in [5, 5.41) is 0.610. The molecule has 1 aromatic heterocycles. The van der Waals surface area contributed by atoms with Gasteiger partial charge in [-0.3, -0.25) is 4.79 Å². The molecule has 1 heterocycles. The van der Waals surface area contributed by atoms with Gasteiger partial charge in [0.2, 0.25) is 10.0 Å². The molecule has 0 saturated carbocycles. The Morgan fingerprint density at radius 3 is 2.30 bits per heavy atom. The van der Waals surface area contributed by atoms with Gasteiger partial charge in [0, 0.05) is 22.7 Å². The van der Waals surface area contributed by atoms with Crippen LogP contribution < -0.4 is 4.74 Å². The van der Waals surface area contributed by atoms with E-state index in [1.807, 2.05) is 0 Å². The summed E-state index contributed by atoms with van der Waals surface area (Å²) in [7, 11) is -1.94. The molecule has 0 unspecified atom stereocenters. The Balaban J connectivity index is 2.17. The minimum atomic E-state index is -3.49. The van der Waals surface area contributed by atoms with Crippen molar-refractivity contribution in [3.63, 3.8) is 0 Å². The van der Waals surface area contributed by atoms with E-state index < -0.39 is 10.0 Å². The van der Waals surface area contributed by atoms with Crippen LogP contribution in [0.1, 0.15) is 15.9 Å². The number of para-hydroxylation sites is 1. The quantitative estimate of drug-likeness (QED) is 0.690. The minimum absolute atomic E-state index is 0.230. The summed E-state index contributed by atoms with van der Waals surface area (Å²) in [6, 6.07) is 13.7. The van der Waals surface area contributed by atoms with Crippen molar-refractivity contribution in [1.29, 1.82) is 0 Å². The fraction of sp³-hybridized carbons (Fsp3) is 0.118.